The Bertz CT molecular complexity index is 569. The third-order valence-electron chi connectivity index (χ3n) is 2.09. The maximum atomic E-state index is 13.1. The van der Waals surface area contributed by atoms with Crippen molar-refractivity contribution in [2.45, 2.75) is 6.54 Å². The van der Waals surface area contributed by atoms with Crippen molar-refractivity contribution in [2.75, 3.05) is 0 Å². The number of hydrogen-bond donors (Lipinski definition) is 1. The molecule has 2 rings (SSSR count). The highest BCUT2D eigenvalue weighted by Gasteiger charge is 2.16. The molecule has 0 bridgehead atoms. The molecule has 0 radical (unpaired) electrons. The zero-order chi connectivity index (χ0) is 12.4. The normalized spacial score (nSPS) is 10.5. The molecular weight excluding hydrogens is 231 g/mol. The minimum Gasteiger partial charge on any atom is -0.324 e. The van der Waals surface area contributed by atoms with E-state index in [2.05, 4.69) is 15.5 Å². The van der Waals surface area contributed by atoms with Crippen LogP contribution in [-0.4, -0.2) is 25.1 Å². The molecule has 0 aliphatic carbocycles. The number of nitro groups is 1. The van der Waals surface area contributed by atoms with Crippen molar-refractivity contribution in [1.29, 1.82) is 0 Å². The van der Waals surface area contributed by atoms with E-state index in [4.69, 9.17) is 5.73 Å². The van der Waals surface area contributed by atoms with Crippen LogP contribution >= 0.6 is 0 Å². The molecule has 8 nitrogen and oxygen atoms in total. The van der Waals surface area contributed by atoms with Gasteiger partial charge in [0.15, 0.2) is 5.82 Å². The van der Waals surface area contributed by atoms with Gasteiger partial charge in [0.05, 0.1) is 17.2 Å². The smallest absolute Gasteiger partial charge is 0.306 e. The first-order chi connectivity index (χ1) is 8.13. The van der Waals surface area contributed by atoms with E-state index >= 15 is 0 Å². The zero-order valence-electron chi connectivity index (χ0n) is 8.45. The van der Waals surface area contributed by atoms with Gasteiger partial charge in [-0.1, -0.05) is 0 Å². The van der Waals surface area contributed by atoms with Crippen molar-refractivity contribution in [3.8, 4) is 5.69 Å². The number of halogens is 1. The number of tetrazole rings is 1. The average Bonchev–Trinajstić information content (AvgIpc) is 2.77. The molecule has 17 heavy (non-hydrogen) atoms. The summed E-state index contributed by atoms with van der Waals surface area (Å²) in [6, 6.07) is 3.36. The number of nitrogens with two attached hydrogens (primary N) is 1. The van der Waals surface area contributed by atoms with Crippen LogP contribution in [0.4, 0.5) is 10.1 Å². The molecule has 0 spiro atoms. The molecule has 9 heteroatoms. The lowest BCUT2D eigenvalue weighted by molar-refractivity contribution is -0.387. The van der Waals surface area contributed by atoms with Crippen LogP contribution in [-0.2, 0) is 6.54 Å². The molecule has 0 aliphatic rings. The third kappa shape index (κ3) is 1.95. The highest BCUT2D eigenvalue weighted by Crippen LogP contribution is 2.20. The van der Waals surface area contributed by atoms with Crippen LogP contribution in [0.25, 0.3) is 5.69 Å². The Morgan fingerprint density at radius 1 is 1.53 bits per heavy atom. The molecule has 1 aromatic carbocycles. The summed E-state index contributed by atoms with van der Waals surface area (Å²) in [4.78, 5) is 9.76. The van der Waals surface area contributed by atoms with E-state index in [1.807, 2.05) is 0 Å². The fraction of sp³-hybridized carbons (Fsp3) is 0.125. The van der Waals surface area contributed by atoms with Crippen LogP contribution < -0.4 is 5.73 Å². The summed E-state index contributed by atoms with van der Waals surface area (Å²) in [5.41, 5.74) is 5.03. The second kappa shape index (κ2) is 4.22. The second-order valence-electron chi connectivity index (χ2n) is 3.10. The number of nitro benzene ring substituents is 1. The van der Waals surface area contributed by atoms with E-state index in [1.54, 1.807) is 0 Å². The SMILES string of the molecule is NCc1nnnn1-c1ccc(F)c([N+](=O)[O-])c1. The van der Waals surface area contributed by atoms with Crippen molar-refractivity contribution in [3.05, 3.63) is 40.0 Å². The number of hydrogen-bond acceptors (Lipinski definition) is 6. The van der Waals surface area contributed by atoms with Crippen LogP contribution in [0.3, 0.4) is 0 Å². The molecule has 1 aromatic heterocycles. The van der Waals surface area contributed by atoms with E-state index in [-0.39, 0.29) is 12.2 Å². The van der Waals surface area contributed by atoms with E-state index in [0.29, 0.717) is 5.82 Å². The van der Waals surface area contributed by atoms with Crippen molar-refractivity contribution < 1.29 is 9.31 Å². The molecule has 0 saturated carbocycles. The van der Waals surface area contributed by atoms with Crippen LogP contribution in [0, 0.1) is 15.9 Å². The molecule has 2 aromatic rings. The summed E-state index contributed by atoms with van der Waals surface area (Å²) in [5, 5.41) is 21.2. The topological polar surface area (TPSA) is 113 Å². The fourth-order valence-corrected chi connectivity index (χ4v) is 1.31. The molecule has 0 aliphatic heterocycles. The molecule has 0 amide bonds. The Labute approximate surface area is 94.0 Å². The van der Waals surface area contributed by atoms with Crippen LogP contribution in [0.15, 0.2) is 18.2 Å². The summed E-state index contributed by atoms with van der Waals surface area (Å²) in [5.74, 6) is -0.591. The van der Waals surface area contributed by atoms with Gasteiger partial charge in [-0.15, -0.1) is 5.10 Å². The van der Waals surface area contributed by atoms with E-state index < -0.39 is 16.4 Å². The lowest BCUT2D eigenvalue weighted by Gasteiger charge is -2.02. The van der Waals surface area contributed by atoms with Crippen LogP contribution in [0.5, 0.6) is 0 Å². The Morgan fingerprint density at radius 3 is 2.94 bits per heavy atom. The maximum Gasteiger partial charge on any atom is 0.306 e. The van der Waals surface area contributed by atoms with Crippen LogP contribution in [0.1, 0.15) is 5.82 Å². The van der Waals surface area contributed by atoms with Gasteiger partial charge in [-0.05, 0) is 22.6 Å². The van der Waals surface area contributed by atoms with Gasteiger partial charge in [-0.2, -0.15) is 9.07 Å². The number of benzene rings is 1. The first kappa shape index (κ1) is 11.1. The molecule has 88 valence electrons. The minimum atomic E-state index is -0.916. The maximum absolute atomic E-state index is 13.1. The zero-order valence-corrected chi connectivity index (χ0v) is 8.45. The van der Waals surface area contributed by atoms with Crippen LogP contribution in [0.2, 0.25) is 0 Å². The Kier molecular flexibility index (Phi) is 2.75. The summed E-state index contributed by atoms with van der Waals surface area (Å²) < 4.78 is 14.3. The molecule has 0 saturated heterocycles. The van der Waals surface area contributed by atoms with Crippen molar-refractivity contribution >= 4 is 5.69 Å². The molecule has 0 fully saturated rings. The van der Waals surface area contributed by atoms with Crippen molar-refractivity contribution in [2.24, 2.45) is 5.73 Å². The van der Waals surface area contributed by atoms with Gasteiger partial charge in [-0.3, -0.25) is 10.1 Å². The Morgan fingerprint density at radius 2 is 2.29 bits per heavy atom. The summed E-state index contributed by atoms with van der Waals surface area (Å²) in [7, 11) is 0. The summed E-state index contributed by atoms with van der Waals surface area (Å²) in [6.07, 6.45) is 0. The highest BCUT2D eigenvalue weighted by atomic mass is 19.1. The van der Waals surface area contributed by atoms with Gasteiger partial charge < -0.3 is 5.73 Å². The predicted molar refractivity (Wildman–Crippen MR) is 53.7 cm³/mol. The minimum absolute atomic E-state index is 0.0676. The first-order valence-electron chi connectivity index (χ1n) is 4.55. The third-order valence-corrected chi connectivity index (χ3v) is 2.09. The molecular formula is C8H7FN6O2. The number of aromatic nitrogens is 4. The highest BCUT2D eigenvalue weighted by molar-refractivity contribution is 5.44. The van der Waals surface area contributed by atoms with E-state index in [1.165, 1.54) is 10.7 Å². The van der Waals surface area contributed by atoms with Crippen molar-refractivity contribution in [3.63, 3.8) is 0 Å². The largest absolute Gasteiger partial charge is 0.324 e. The van der Waals surface area contributed by atoms with Gasteiger partial charge in [-0.25, -0.2) is 0 Å². The summed E-state index contributed by atoms with van der Waals surface area (Å²) >= 11 is 0. The van der Waals surface area contributed by atoms with Gasteiger partial charge in [0.2, 0.25) is 5.82 Å². The van der Waals surface area contributed by atoms with Gasteiger partial charge in [0, 0.05) is 6.07 Å². The molecule has 0 atom stereocenters. The lowest BCUT2D eigenvalue weighted by atomic mass is 10.2. The predicted octanol–water partition coefficient (Wildman–Crippen LogP) is 0.168. The molecule has 0 unspecified atom stereocenters. The number of rotatable bonds is 3. The Balaban J connectivity index is 2.54. The molecule has 2 N–H and O–H groups in total. The quantitative estimate of drug-likeness (QED) is 0.602. The lowest BCUT2D eigenvalue weighted by Crippen LogP contribution is -2.08. The summed E-state index contributed by atoms with van der Waals surface area (Å²) in [6.45, 7) is 0.0676. The second-order valence-corrected chi connectivity index (χ2v) is 3.10. The monoisotopic (exact) mass is 238 g/mol. The standard InChI is InChI=1S/C8H7FN6O2/c9-6-2-1-5(3-7(6)15(16)17)14-8(4-10)11-12-13-14/h1-3H,4,10H2. The fourth-order valence-electron chi connectivity index (χ4n) is 1.31. The van der Waals surface area contributed by atoms with Gasteiger partial charge >= 0.3 is 5.69 Å². The van der Waals surface area contributed by atoms with E-state index in [9.17, 15) is 14.5 Å². The van der Waals surface area contributed by atoms with E-state index in [0.717, 1.165) is 12.1 Å². The van der Waals surface area contributed by atoms with Gasteiger partial charge in [0.1, 0.15) is 0 Å². The molecule has 1 heterocycles. The number of nitrogens with zero attached hydrogens (tertiary/aromatic N) is 5. The Hall–Kier alpha value is -2.42. The van der Waals surface area contributed by atoms with Crippen molar-refractivity contribution in [1.82, 2.24) is 20.2 Å². The van der Waals surface area contributed by atoms with Gasteiger partial charge in [0.25, 0.3) is 0 Å². The average molecular weight is 238 g/mol. The first-order valence-corrected chi connectivity index (χ1v) is 4.55.